The van der Waals surface area contributed by atoms with Gasteiger partial charge in [0.1, 0.15) is 17.3 Å². The van der Waals surface area contributed by atoms with E-state index in [4.69, 9.17) is 0 Å². The highest BCUT2D eigenvalue weighted by atomic mass is 16.3. The molecule has 0 aliphatic rings. The van der Waals surface area contributed by atoms with E-state index < -0.39 is 0 Å². The highest BCUT2D eigenvalue weighted by Gasteiger charge is 2.06. The second kappa shape index (κ2) is 4.41. The fourth-order valence-electron chi connectivity index (χ4n) is 1.76. The van der Waals surface area contributed by atoms with Crippen LogP contribution >= 0.6 is 0 Å². The van der Waals surface area contributed by atoms with E-state index in [0.717, 1.165) is 6.08 Å². The van der Waals surface area contributed by atoms with Crippen LogP contribution in [0, 0.1) is 0 Å². The van der Waals surface area contributed by atoms with E-state index in [1.165, 1.54) is 19.1 Å². The van der Waals surface area contributed by atoms with Gasteiger partial charge in [-0.1, -0.05) is 12.1 Å². The van der Waals surface area contributed by atoms with Crippen molar-refractivity contribution in [2.75, 3.05) is 0 Å². The third kappa shape index (κ3) is 2.27. The third-order valence-electron chi connectivity index (χ3n) is 2.55. The molecular formula is C14H12O4. The van der Waals surface area contributed by atoms with Crippen LogP contribution < -0.4 is 0 Å². The monoisotopic (exact) mass is 244 g/mol. The van der Waals surface area contributed by atoms with Crippen molar-refractivity contribution in [1.82, 2.24) is 0 Å². The molecule has 0 aliphatic carbocycles. The van der Waals surface area contributed by atoms with Crippen LogP contribution in [0.5, 0.6) is 11.5 Å². The zero-order valence-electron chi connectivity index (χ0n) is 9.71. The van der Waals surface area contributed by atoms with Crippen LogP contribution in [-0.4, -0.2) is 21.1 Å². The number of aliphatic hydroxyl groups is 1. The number of hydrogen-bond acceptors (Lipinski definition) is 4. The maximum Gasteiger partial charge on any atom is 0.156 e. The van der Waals surface area contributed by atoms with E-state index in [2.05, 4.69) is 0 Å². The minimum atomic E-state index is -0.262. The number of allylic oxidation sites excluding steroid dienone is 1. The molecular weight excluding hydrogens is 232 g/mol. The second-order valence-electron chi connectivity index (χ2n) is 4.04. The van der Waals surface area contributed by atoms with Crippen molar-refractivity contribution >= 4 is 22.3 Å². The molecule has 0 aromatic heterocycles. The number of ketones is 1. The Morgan fingerprint density at radius 3 is 2.56 bits per heavy atom. The number of rotatable bonds is 2. The van der Waals surface area contributed by atoms with Gasteiger partial charge in [0.05, 0.1) is 0 Å². The quantitative estimate of drug-likeness (QED) is 0.560. The molecule has 0 amide bonds. The van der Waals surface area contributed by atoms with Gasteiger partial charge in [0.2, 0.25) is 0 Å². The first kappa shape index (κ1) is 12.0. The Hall–Kier alpha value is -2.49. The van der Waals surface area contributed by atoms with Crippen molar-refractivity contribution in [3.05, 3.63) is 42.0 Å². The van der Waals surface area contributed by atoms with Crippen molar-refractivity contribution in [1.29, 1.82) is 0 Å². The van der Waals surface area contributed by atoms with Crippen LogP contribution in [-0.2, 0) is 4.79 Å². The van der Waals surface area contributed by atoms with Gasteiger partial charge in [-0.3, -0.25) is 4.79 Å². The van der Waals surface area contributed by atoms with Crippen LogP contribution in [0.3, 0.4) is 0 Å². The van der Waals surface area contributed by atoms with Gasteiger partial charge in [-0.2, -0.15) is 0 Å². The number of phenols is 2. The predicted molar refractivity (Wildman–Crippen MR) is 68.6 cm³/mol. The Morgan fingerprint density at radius 1 is 1.17 bits per heavy atom. The molecule has 18 heavy (non-hydrogen) atoms. The van der Waals surface area contributed by atoms with Crippen LogP contribution in [0.2, 0.25) is 0 Å². The van der Waals surface area contributed by atoms with Gasteiger partial charge in [-0.15, -0.1) is 0 Å². The highest BCUT2D eigenvalue weighted by molar-refractivity contribution is 5.96. The number of aliphatic hydroxyl groups excluding tert-OH is 1. The molecule has 4 heteroatoms. The van der Waals surface area contributed by atoms with E-state index >= 15 is 0 Å². The minimum absolute atomic E-state index is 0.0312. The Kier molecular flexibility index (Phi) is 2.93. The lowest BCUT2D eigenvalue weighted by Crippen LogP contribution is -1.89. The molecule has 4 nitrogen and oxygen atoms in total. The smallest absolute Gasteiger partial charge is 0.156 e. The highest BCUT2D eigenvalue weighted by Crippen LogP contribution is 2.31. The Labute approximate surface area is 103 Å². The molecule has 3 N–H and O–H groups in total. The summed E-state index contributed by atoms with van der Waals surface area (Å²) in [4.78, 5) is 10.9. The van der Waals surface area contributed by atoms with E-state index in [0.29, 0.717) is 16.3 Å². The van der Waals surface area contributed by atoms with Gasteiger partial charge < -0.3 is 15.3 Å². The summed E-state index contributed by atoms with van der Waals surface area (Å²) in [7, 11) is 0. The van der Waals surface area contributed by atoms with Gasteiger partial charge in [0, 0.05) is 23.1 Å². The molecule has 0 bridgehead atoms. The summed E-state index contributed by atoms with van der Waals surface area (Å²) in [5.41, 5.74) is 0.429. The predicted octanol–water partition coefficient (Wildman–Crippen LogP) is 2.74. The van der Waals surface area contributed by atoms with E-state index in [-0.39, 0.29) is 23.0 Å². The molecule has 0 aliphatic heterocycles. The molecule has 2 rings (SSSR count). The van der Waals surface area contributed by atoms with Crippen LogP contribution in [0.4, 0.5) is 0 Å². The van der Waals surface area contributed by atoms with Crippen LogP contribution in [0.1, 0.15) is 12.5 Å². The second-order valence-corrected chi connectivity index (χ2v) is 4.04. The fraction of sp³-hybridized carbons (Fsp3) is 0.0714. The zero-order valence-corrected chi connectivity index (χ0v) is 9.71. The zero-order chi connectivity index (χ0) is 13.3. The van der Waals surface area contributed by atoms with E-state index in [9.17, 15) is 20.1 Å². The van der Waals surface area contributed by atoms with Gasteiger partial charge in [0.25, 0.3) is 0 Å². The number of aromatic hydroxyl groups is 2. The van der Waals surface area contributed by atoms with Crippen LogP contribution in [0.15, 0.2) is 36.4 Å². The molecule has 2 aromatic carbocycles. The van der Waals surface area contributed by atoms with E-state index in [1.807, 2.05) is 0 Å². The largest absolute Gasteiger partial charge is 0.508 e. The van der Waals surface area contributed by atoms with E-state index in [1.54, 1.807) is 18.2 Å². The lowest BCUT2D eigenvalue weighted by molar-refractivity contribution is -0.112. The van der Waals surface area contributed by atoms with Crippen molar-refractivity contribution in [3.8, 4) is 11.5 Å². The summed E-state index contributed by atoms with van der Waals surface area (Å²) in [6.45, 7) is 1.34. The Bertz CT molecular complexity index is 656. The van der Waals surface area contributed by atoms with Crippen molar-refractivity contribution in [2.45, 2.75) is 6.92 Å². The fourth-order valence-corrected chi connectivity index (χ4v) is 1.76. The Morgan fingerprint density at radius 2 is 1.89 bits per heavy atom. The normalized spacial score (nSPS) is 11.7. The standard InChI is InChI=1S/C14H12O4/c1-8(15)4-13(17)10-3-2-9-5-11(16)7-14(18)12(9)6-10/h2-7,16-18H,1H3. The summed E-state index contributed by atoms with van der Waals surface area (Å²) < 4.78 is 0. The molecule has 92 valence electrons. The number of carbonyl (C=O) groups excluding carboxylic acids is 1. The van der Waals surface area contributed by atoms with Gasteiger partial charge in [0.15, 0.2) is 5.78 Å². The summed E-state index contributed by atoms with van der Waals surface area (Å²) >= 11 is 0. The minimum Gasteiger partial charge on any atom is -0.508 e. The van der Waals surface area contributed by atoms with Crippen molar-refractivity contribution in [2.24, 2.45) is 0 Å². The number of hydrogen-bond donors (Lipinski definition) is 3. The molecule has 0 atom stereocenters. The molecule has 2 aromatic rings. The molecule has 0 spiro atoms. The molecule has 0 saturated heterocycles. The first-order chi connectivity index (χ1) is 8.47. The first-order valence-electron chi connectivity index (χ1n) is 5.35. The molecule has 0 radical (unpaired) electrons. The number of phenolic OH excluding ortho intramolecular Hbond substituents is 2. The van der Waals surface area contributed by atoms with Crippen molar-refractivity contribution < 1.29 is 20.1 Å². The topological polar surface area (TPSA) is 77.8 Å². The van der Waals surface area contributed by atoms with Gasteiger partial charge in [-0.05, 0) is 24.4 Å². The summed E-state index contributed by atoms with van der Waals surface area (Å²) in [6.07, 6.45) is 1.11. The first-order valence-corrected chi connectivity index (χ1v) is 5.35. The van der Waals surface area contributed by atoms with Gasteiger partial charge in [-0.25, -0.2) is 0 Å². The average Bonchev–Trinajstić information content (AvgIpc) is 2.27. The lowest BCUT2D eigenvalue weighted by atomic mass is 10.0. The molecule has 0 fully saturated rings. The number of fused-ring (bicyclic) bond motifs is 1. The third-order valence-corrected chi connectivity index (χ3v) is 2.55. The maximum absolute atomic E-state index is 10.9. The molecule has 0 unspecified atom stereocenters. The maximum atomic E-state index is 10.9. The Balaban J connectivity index is 2.61. The SMILES string of the molecule is CC(=O)C=C(O)c1ccc2cc(O)cc(O)c2c1. The number of benzene rings is 2. The summed E-state index contributed by atoms with van der Waals surface area (Å²) in [5.74, 6) is -0.530. The van der Waals surface area contributed by atoms with Crippen molar-refractivity contribution in [3.63, 3.8) is 0 Å². The van der Waals surface area contributed by atoms with Crippen LogP contribution in [0.25, 0.3) is 16.5 Å². The average molecular weight is 244 g/mol. The number of carbonyl (C=O) groups is 1. The molecule has 0 saturated carbocycles. The lowest BCUT2D eigenvalue weighted by Gasteiger charge is -2.05. The summed E-state index contributed by atoms with van der Waals surface area (Å²) in [6, 6.07) is 7.53. The van der Waals surface area contributed by atoms with Gasteiger partial charge >= 0.3 is 0 Å². The molecule has 0 heterocycles. The summed E-state index contributed by atoms with van der Waals surface area (Å²) in [5, 5.41) is 29.9.